The third-order valence-corrected chi connectivity index (χ3v) is 0. The Balaban J connectivity index is -0.0000000400. The molecule has 0 aliphatic carbocycles. The molecule has 0 aromatic rings. The van der Waals surface area contributed by atoms with Crippen molar-refractivity contribution in [1.29, 1.82) is 0 Å². The van der Waals surface area contributed by atoms with Crippen LogP contribution in [0.4, 0.5) is 0 Å². The summed E-state index contributed by atoms with van der Waals surface area (Å²) < 4.78 is 0. The minimum atomic E-state index is 0. The summed E-state index contributed by atoms with van der Waals surface area (Å²) in [4.78, 5) is 0. The third kappa shape index (κ3) is 692. The van der Waals surface area contributed by atoms with Crippen molar-refractivity contribution in [3.63, 3.8) is 0 Å². The molecule has 0 amide bonds. The first-order valence-corrected chi connectivity index (χ1v) is 2.05. The Morgan fingerprint density at radius 2 is 1.00 bits per heavy atom. The van der Waals surface area contributed by atoms with Crippen molar-refractivity contribution < 1.29 is 27.0 Å². The smallest absolute Gasteiger partial charge is 0.0402 e. The zero-order chi connectivity index (χ0) is 5.41. The van der Waals surface area contributed by atoms with Gasteiger partial charge in [0.1, 0.15) is 0 Å². The van der Waals surface area contributed by atoms with Crippen LogP contribution in [0.25, 0.3) is 0 Å². The van der Waals surface area contributed by atoms with Crippen LogP contribution < -0.4 is 0 Å². The Morgan fingerprint density at radius 1 is 1.00 bits per heavy atom. The molecule has 2 nitrogen and oxygen atoms in total. The quantitative estimate of drug-likeness (QED) is 0.511. The molecule has 0 spiro atoms. The van der Waals surface area contributed by atoms with Gasteiger partial charge in [0.25, 0.3) is 0 Å². The van der Waals surface area contributed by atoms with Crippen LogP contribution in [0, 0.1) is 0 Å². The minimum Gasteiger partial charge on any atom is -0.397 e. The summed E-state index contributed by atoms with van der Waals surface area (Å²) in [6.45, 7) is 3.86. The Bertz CT molecular complexity index is 11.7. The zero-order valence-corrected chi connectivity index (χ0v) is 5.68. The van der Waals surface area contributed by atoms with E-state index in [2.05, 4.69) is 0 Å². The van der Waals surface area contributed by atoms with Gasteiger partial charge in [0, 0.05) is 30.0 Å². The molecule has 0 fully saturated rings. The van der Waals surface area contributed by atoms with Crippen LogP contribution >= 0.6 is 0 Å². The molecule has 1 radical (unpaired) electrons. The SMILES string of the molecule is CCO.CCO.[Co]. The van der Waals surface area contributed by atoms with E-state index in [1.807, 2.05) is 0 Å². The van der Waals surface area contributed by atoms with Gasteiger partial charge < -0.3 is 10.2 Å². The topological polar surface area (TPSA) is 40.5 Å². The average molecular weight is 151 g/mol. The molecule has 0 aromatic carbocycles. The van der Waals surface area contributed by atoms with Gasteiger partial charge in [0.2, 0.25) is 0 Å². The third-order valence-electron chi connectivity index (χ3n) is 0. The van der Waals surface area contributed by atoms with Gasteiger partial charge in [-0.15, -0.1) is 0 Å². The number of aliphatic hydroxyl groups excluding tert-OH is 2. The van der Waals surface area contributed by atoms with Crippen molar-refractivity contribution in [2.45, 2.75) is 13.8 Å². The van der Waals surface area contributed by atoms with Crippen molar-refractivity contribution in [2.24, 2.45) is 0 Å². The van der Waals surface area contributed by atoms with E-state index in [0.29, 0.717) is 0 Å². The second-order valence-corrected chi connectivity index (χ2v) is 0.632. The van der Waals surface area contributed by atoms with Crippen LogP contribution in [0.2, 0.25) is 0 Å². The normalized spacial score (nSPS) is 5.14. The average Bonchev–Trinajstić information content (AvgIpc) is 1.39. The Kier molecular flexibility index (Phi) is 71.9. The number of aliphatic hydroxyl groups is 2. The van der Waals surface area contributed by atoms with Gasteiger partial charge in [-0.1, -0.05) is 0 Å². The molecule has 0 saturated heterocycles. The van der Waals surface area contributed by atoms with Crippen LogP contribution in [-0.4, -0.2) is 23.4 Å². The second kappa shape index (κ2) is 32.1. The second-order valence-electron chi connectivity index (χ2n) is 0.632. The fraction of sp³-hybridized carbons (Fsp3) is 1.00. The van der Waals surface area contributed by atoms with Crippen molar-refractivity contribution in [3.05, 3.63) is 0 Å². The minimum absolute atomic E-state index is 0. The fourth-order valence-corrected chi connectivity index (χ4v) is 0. The molecule has 0 heterocycles. The van der Waals surface area contributed by atoms with E-state index in [0.717, 1.165) is 0 Å². The molecule has 0 unspecified atom stereocenters. The van der Waals surface area contributed by atoms with E-state index in [4.69, 9.17) is 10.2 Å². The molecule has 0 aliphatic heterocycles. The van der Waals surface area contributed by atoms with Gasteiger partial charge >= 0.3 is 0 Å². The number of hydrogen-bond acceptors (Lipinski definition) is 2. The molecule has 2 N–H and O–H groups in total. The first-order chi connectivity index (χ1) is 2.83. The molecule has 7 heavy (non-hydrogen) atoms. The molecular weight excluding hydrogens is 139 g/mol. The largest absolute Gasteiger partial charge is 0.397 e. The van der Waals surface area contributed by atoms with Gasteiger partial charge in [-0.3, -0.25) is 0 Å². The molecular formula is C4H12CoO2. The van der Waals surface area contributed by atoms with Crippen LogP contribution in [-0.2, 0) is 16.8 Å². The maximum atomic E-state index is 7.57. The van der Waals surface area contributed by atoms with E-state index in [1.165, 1.54) is 0 Å². The van der Waals surface area contributed by atoms with Gasteiger partial charge in [-0.2, -0.15) is 0 Å². The maximum absolute atomic E-state index is 7.57. The van der Waals surface area contributed by atoms with Crippen molar-refractivity contribution in [2.75, 3.05) is 13.2 Å². The summed E-state index contributed by atoms with van der Waals surface area (Å²) in [6.07, 6.45) is 0. The fourth-order valence-electron chi connectivity index (χ4n) is 0. The first kappa shape index (κ1) is 15.7. The zero-order valence-electron chi connectivity index (χ0n) is 4.64. The Hall–Kier alpha value is 0.426. The molecule has 0 bridgehead atoms. The summed E-state index contributed by atoms with van der Waals surface area (Å²) in [5, 5.41) is 15.1. The molecule has 0 aliphatic rings. The molecule has 49 valence electrons. The van der Waals surface area contributed by atoms with Crippen molar-refractivity contribution >= 4 is 0 Å². The summed E-state index contributed by atoms with van der Waals surface area (Å²) in [5.74, 6) is 0. The molecule has 0 saturated carbocycles. The van der Waals surface area contributed by atoms with Crippen LogP contribution in [0.5, 0.6) is 0 Å². The molecule has 0 atom stereocenters. The number of hydrogen-bond donors (Lipinski definition) is 2. The molecule has 0 aromatic heterocycles. The van der Waals surface area contributed by atoms with Gasteiger partial charge in [0.05, 0.1) is 0 Å². The van der Waals surface area contributed by atoms with Crippen LogP contribution in [0.15, 0.2) is 0 Å². The van der Waals surface area contributed by atoms with Crippen molar-refractivity contribution in [3.8, 4) is 0 Å². The van der Waals surface area contributed by atoms with E-state index in [-0.39, 0.29) is 30.0 Å². The summed E-state index contributed by atoms with van der Waals surface area (Å²) in [7, 11) is 0. The Morgan fingerprint density at radius 3 is 1.00 bits per heavy atom. The maximum Gasteiger partial charge on any atom is 0.0402 e. The molecule has 3 heteroatoms. The summed E-state index contributed by atoms with van der Waals surface area (Å²) in [5.41, 5.74) is 0. The van der Waals surface area contributed by atoms with Crippen molar-refractivity contribution in [1.82, 2.24) is 0 Å². The predicted molar refractivity (Wildman–Crippen MR) is 25.5 cm³/mol. The van der Waals surface area contributed by atoms with Gasteiger partial charge in [-0.05, 0) is 13.8 Å². The van der Waals surface area contributed by atoms with Gasteiger partial charge in [-0.25, -0.2) is 0 Å². The number of rotatable bonds is 0. The predicted octanol–water partition coefficient (Wildman–Crippen LogP) is -0.00530. The monoisotopic (exact) mass is 151 g/mol. The molecule has 0 rings (SSSR count). The van der Waals surface area contributed by atoms with E-state index < -0.39 is 0 Å². The van der Waals surface area contributed by atoms with Crippen LogP contribution in [0.3, 0.4) is 0 Å². The van der Waals surface area contributed by atoms with Gasteiger partial charge in [0.15, 0.2) is 0 Å². The summed E-state index contributed by atoms with van der Waals surface area (Å²) in [6, 6.07) is 0. The van der Waals surface area contributed by atoms with E-state index >= 15 is 0 Å². The first-order valence-electron chi connectivity index (χ1n) is 2.05. The van der Waals surface area contributed by atoms with Crippen LogP contribution in [0.1, 0.15) is 13.8 Å². The summed E-state index contributed by atoms with van der Waals surface area (Å²) >= 11 is 0. The van der Waals surface area contributed by atoms with E-state index in [1.54, 1.807) is 13.8 Å². The standard InChI is InChI=1S/2C2H6O.Co/c2*1-2-3;/h2*3H,2H2,1H3;. The Labute approximate surface area is 54.7 Å². The van der Waals surface area contributed by atoms with E-state index in [9.17, 15) is 0 Å².